The predicted molar refractivity (Wildman–Crippen MR) is 77.7 cm³/mol. The van der Waals surface area contributed by atoms with E-state index in [0.29, 0.717) is 18.1 Å². The van der Waals surface area contributed by atoms with Crippen LogP contribution in [0.3, 0.4) is 0 Å². The van der Waals surface area contributed by atoms with E-state index in [0.717, 1.165) is 25.6 Å². The number of morpholine rings is 1. The molecule has 0 aromatic heterocycles. The summed E-state index contributed by atoms with van der Waals surface area (Å²) >= 11 is 0. The molecule has 3 heteroatoms. The van der Waals surface area contributed by atoms with Crippen LogP contribution in [0.4, 0.5) is 0 Å². The van der Waals surface area contributed by atoms with E-state index in [1.54, 1.807) is 0 Å². The smallest absolute Gasteiger partial charge is 0.0674 e. The van der Waals surface area contributed by atoms with Gasteiger partial charge in [0.1, 0.15) is 0 Å². The van der Waals surface area contributed by atoms with Crippen LogP contribution in [0.1, 0.15) is 47.0 Å². The number of nitrogens with two attached hydrogens (primary N) is 1. The SMILES string of the molecule is CCC1COC(C)CN1CCC(CN)CC(C)C. The van der Waals surface area contributed by atoms with Crippen LogP contribution in [0.2, 0.25) is 0 Å². The summed E-state index contributed by atoms with van der Waals surface area (Å²) in [5.41, 5.74) is 5.89. The minimum absolute atomic E-state index is 0.384. The second-order valence-corrected chi connectivity index (χ2v) is 6.22. The van der Waals surface area contributed by atoms with Gasteiger partial charge in [-0.1, -0.05) is 20.8 Å². The molecule has 1 saturated heterocycles. The Kier molecular flexibility index (Phi) is 7.20. The maximum absolute atomic E-state index is 5.89. The molecule has 3 atom stereocenters. The minimum Gasteiger partial charge on any atom is -0.376 e. The molecule has 0 spiro atoms. The van der Waals surface area contributed by atoms with E-state index >= 15 is 0 Å². The molecule has 3 unspecified atom stereocenters. The van der Waals surface area contributed by atoms with Crippen molar-refractivity contribution in [2.75, 3.05) is 26.2 Å². The van der Waals surface area contributed by atoms with Crippen LogP contribution >= 0.6 is 0 Å². The van der Waals surface area contributed by atoms with Crippen LogP contribution in [0, 0.1) is 11.8 Å². The van der Waals surface area contributed by atoms with Gasteiger partial charge < -0.3 is 10.5 Å². The summed E-state index contributed by atoms with van der Waals surface area (Å²) in [4.78, 5) is 2.61. The Morgan fingerprint density at radius 2 is 2.11 bits per heavy atom. The largest absolute Gasteiger partial charge is 0.376 e. The Hall–Kier alpha value is -0.120. The first-order valence-corrected chi connectivity index (χ1v) is 7.62. The zero-order valence-electron chi connectivity index (χ0n) is 12.7. The average Bonchev–Trinajstić information content (AvgIpc) is 2.34. The first-order chi connectivity index (χ1) is 8.56. The van der Waals surface area contributed by atoms with Gasteiger partial charge in [0.25, 0.3) is 0 Å². The van der Waals surface area contributed by atoms with Gasteiger partial charge in [0.05, 0.1) is 12.7 Å². The lowest BCUT2D eigenvalue weighted by Gasteiger charge is -2.39. The van der Waals surface area contributed by atoms with Gasteiger partial charge >= 0.3 is 0 Å². The lowest BCUT2D eigenvalue weighted by atomic mass is 9.93. The van der Waals surface area contributed by atoms with E-state index < -0.39 is 0 Å². The number of hydrogen-bond acceptors (Lipinski definition) is 3. The fourth-order valence-corrected chi connectivity index (χ4v) is 2.91. The number of nitrogens with zero attached hydrogens (tertiary/aromatic N) is 1. The molecular weight excluding hydrogens is 224 g/mol. The van der Waals surface area contributed by atoms with E-state index in [1.807, 2.05) is 0 Å². The molecule has 1 aliphatic rings. The molecule has 1 fully saturated rings. The average molecular weight is 256 g/mol. The standard InChI is InChI=1S/C15H32N2O/c1-5-15-11-18-13(4)10-17(15)7-6-14(9-16)8-12(2)3/h12-15H,5-11,16H2,1-4H3. The first kappa shape index (κ1) is 15.9. The van der Waals surface area contributed by atoms with E-state index in [-0.39, 0.29) is 0 Å². The summed E-state index contributed by atoms with van der Waals surface area (Å²) in [6.45, 7) is 13.0. The lowest BCUT2D eigenvalue weighted by molar-refractivity contribution is -0.0572. The zero-order valence-corrected chi connectivity index (χ0v) is 12.7. The highest BCUT2D eigenvalue weighted by molar-refractivity contribution is 4.78. The Labute approximate surface area is 113 Å². The third-order valence-corrected chi connectivity index (χ3v) is 4.02. The molecule has 3 nitrogen and oxygen atoms in total. The van der Waals surface area contributed by atoms with E-state index in [2.05, 4.69) is 32.6 Å². The monoisotopic (exact) mass is 256 g/mol. The molecule has 0 aliphatic carbocycles. The minimum atomic E-state index is 0.384. The molecule has 0 saturated carbocycles. The second kappa shape index (κ2) is 8.13. The van der Waals surface area contributed by atoms with Crippen molar-refractivity contribution >= 4 is 0 Å². The molecule has 1 heterocycles. The third-order valence-electron chi connectivity index (χ3n) is 4.02. The van der Waals surface area contributed by atoms with Crippen LogP contribution in [0.25, 0.3) is 0 Å². The zero-order chi connectivity index (χ0) is 13.5. The van der Waals surface area contributed by atoms with Gasteiger partial charge in [-0.05, 0) is 51.1 Å². The lowest BCUT2D eigenvalue weighted by Crippen LogP contribution is -2.49. The topological polar surface area (TPSA) is 38.5 Å². The van der Waals surface area contributed by atoms with Crippen molar-refractivity contribution in [3.8, 4) is 0 Å². The van der Waals surface area contributed by atoms with Gasteiger partial charge in [-0.2, -0.15) is 0 Å². The van der Waals surface area contributed by atoms with Gasteiger partial charge in [-0.15, -0.1) is 0 Å². The summed E-state index contributed by atoms with van der Waals surface area (Å²) < 4.78 is 5.74. The molecule has 0 amide bonds. The Bertz CT molecular complexity index is 221. The van der Waals surface area contributed by atoms with Crippen LogP contribution < -0.4 is 5.73 Å². The summed E-state index contributed by atoms with van der Waals surface area (Å²) in [5.74, 6) is 1.43. The molecule has 0 aromatic rings. The van der Waals surface area contributed by atoms with Gasteiger partial charge in [0.15, 0.2) is 0 Å². The molecule has 18 heavy (non-hydrogen) atoms. The molecule has 0 radical (unpaired) electrons. The maximum Gasteiger partial charge on any atom is 0.0674 e. The molecule has 1 rings (SSSR count). The first-order valence-electron chi connectivity index (χ1n) is 7.62. The van der Waals surface area contributed by atoms with Crippen molar-refractivity contribution in [1.82, 2.24) is 4.90 Å². The maximum atomic E-state index is 5.89. The fraction of sp³-hybridized carbons (Fsp3) is 1.00. The quantitative estimate of drug-likeness (QED) is 0.760. The Morgan fingerprint density at radius 1 is 1.39 bits per heavy atom. The van der Waals surface area contributed by atoms with Crippen LogP contribution in [-0.4, -0.2) is 43.3 Å². The summed E-state index contributed by atoms with van der Waals surface area (Å²) in [6, 6.07) is 0.610. The van der Waals surface area contributed by atoms with Crippen molar-refractivity contribution in [1.29, 1.82) is 0 Å². The van der Waals surface area contributed by atoms with Gasteiger partial charge in [-0.3, -0.25) is 4.90 Å². The van der Waals surface area contributed by atoms with Crippen molar-refractivity contribution in [3.05, 3.63) is 0 Å². The van der Waals surface area contributed by atoms with Crippen LogP contribution in [-0.2, 0) is 4.74 Å². The second-order valence-electron chi connectivity index (χ2n) is 6.22. The highest BCUT2D eigenvalue weighted by Crippen LogP contribution is 2.19. The molecule has 1 aliphatic heterocycles. The highest BCUT2D eigenvalue weighted by Gasteiger charge is 2.25. The Balaban J connectivity index is 2.38. The van der Waals surface area contributed by atoms with Gasteiger partial charge in [-0.25, -0.2) is 0 Å². The summed E-state index contributed by atoms with van der Waals surface area (Å²) in [6.07, 6.45) is 4.06. The highest BCUT2D eigenvalue weighted by atomic mass is 16.5. The molecule has 0 bridgehead atoms. The molecule has 2 N–H and O–H groups in total. The summed E-state index contributed by atoms with van der Waals surface area (Å²) in [7, 11) is 0. The van der Waals surface area contributed by atoms with E-state index in [4.69, 9.17) is 10.5 Å². The van der Waals surface area contributed by atoms with Crippen LogP contribution in [0.5, 0.6) is 0 Å². The Morgan fingerprint density at radius 3 is 2.67 bits per heavy atom. The van der Waals surface area contributed by atoms with E-state index in [9.17, 15) is 0 Å². The van der Waals surface area contributed by atoms with E-state index in [1.165, 1.54) is 25.8 Å². The molecule has 108 valence electrons. The molecular formula is C15H32N2O. The van der Waals surface area contributed by atoms with Gasteiger partial charge in [0, 0.05) is 12.6 Å². The number of rotatable bonds is 7. The van der Waals surface area contributed by atoms with Crippen molar-refractivity contribution in [2.24, 2.45) is 17.6 Å². The number of ether oxygens (including phenoxy) is 1. The van der Waals surface area contributed by atoms with Crippen molar-refractivity contribution in [3.63, 3.8) is 0 Å². The van der Waals surface area contributed by atoms with Crippen LogP contribution in [0.15, 0.2) is 0 Å². The molecule has 0 aromatic carbocycles. The number of hydrogen-bond donors (Lipinski definition) is 1. The summed E-state index contributed by atoms with van der Waals surface area (Å²) in [5, 5.41) is 0. The van der Waals surface area contributed by atoms with Crippen molar-refractivity contribution in [2.45, 2.75) is 59.1 Å². The fourth-order valence-electron chi connectivity index (χ4n) is 2.91. The third kappa shape index (κ3) is 5.25. The van der Waals surface area contributed by atoms with Crippen molar-refractivity contribution < 1.29 is 4.74 Å². The van der Waals surface area contributed by atoms with Gasteiger partial charge in [0.2, 0.25) is 0 Å². The normalized spacial score (nSPS) is 27.7. The predicted octanol–water partition coefficient (Wildman–Crippen LogP) is 2.50.